The molecule has 160 valence electrons. The van der Waals surface area contributed by atoms with Crippen LogP contribution in [0.1, 0.15) is 39.2 Å². The lowest BCUT2D eigenvalue weighted by Gasteiger charge is -2.38. The molecule has 29 heavy (non-hydrogen) atoms. The van der Waals surface area contributed by atoms with E-state index in [9.17, 15) is 4.79 Å². The van der Waals surface area contributed by atoms with Crippen molar-refractivity contribution in [3.63, 3.8) is 0 Å². The van der Waals surface area contributed by atoms with Gasteiger partial charge in [-0.3, -0.25) is 4.90 Å². The highest BCUT2D eigenvalue weighted by molar-refractivity contribution is 5.68. The Bertz CT molecular complexity index is 670. The molecule has 0 saturated carbocycles. The summed E-state index contributed by atoms with van der Waals surface area (Å²) in [4.78, 5) is 18.8. The van der Waals surface area contributed by atoms with E-state index in [1.165, 1.54) is 5.56 Å². The van der Waals surface area contributed by atoms with E-state index >= 15 is 0 Å². The van der Waals surface area contributed by atoms with Crippen molar-refractivity contribution < 1.29 is 14.3 Å². The van der Waals surface area contributed by atoms with E-state index in [4.69, 9.17) is 9.47 Å². The van der Waals surface area contributed by atoms with Crippen molar-refractivity contribution in [1.82, 2.24) is 9.80 Å². The average molecular weight is 402 g/mol. The minimum Gasteiger partial charge on any atom is -0.444 e. The Labute approximate surface area is 175 Å². The number of anilines is 1. The standard InChI is InChI=1S/C23H35N3O3/c1-5-26(21-10-12-25(13-11-21)22(27)29-23(2,3)4)20-8-6-19(7-9-20)18-24-14-16-28-17-15-24/h5-9,21H,1,10-18H2,2-4H3. The van der Waals surface area contributed by atoms with Gasteiger partial charge in [0.1, 0.15) is 5.60 Å². The number of benzene rings is 1. The summed E-state index contributed by atoms with van der Waals surface area (Å²) < 4.78 is 10.9. The number of likely N-dealkylation sites (tertiary alicyclic amines) is 1. The van der Waals surface area contributed by atoms with Gasteiger partial charge in [-0.05, 0) is 57.5 Å². The lowest BCUT2D eigenvalue weighted by atomic mass is 10.0. The second-order valence-electron chi connectivity index (χ2n) is 8.84. The van der Waals surface area contributed by atoms with Gasteiger partial charge in [0.2, 0.25) is 0 Å². The van der Waals surface area contributed by atoms with Crippen molar-refractivity contribution >= 4 is 11.8 Å². The molecule has 6 heteroatoms. The molecule has 3 rings (SSSR count). The molecule has 0 N–H and O–H groups in total. The molecule has 1 amide bonds. The molecular formula is C23H35N3O3. The van der Waals surface area contributed by atoms with Crippen molar-refractivity contribution in [1.29, 1.82) is 0 Å². The number of amides is 1. The van der Waals surface area contributed by atoms with Crippen molar-refractivity contribution in [2.45, 2.75) is 51.8 Å². The summed E-state index contributed by atoms with van der Waals surface area (Å²) in [7, 11) is 0. The maximum absolute atomic E-state index is 12.3. The summed E-state index contributed by atoms with van der Waals surface area (Å²) in [6.45, 7) is 15.8. The molecule has 0 atom stereocenters. The Balaban J connectivity index is 1.54. The van der Waals surface area contributed by atoms with E-state index < -0.39 is 5.60 Å². The monoisotopic (exact) mass is 401 g/mol. The zero-order valence-corrected chi connectivity index (χ0v) is 18.1. The maximum atomic E-state index is 12.3. The first kappa shape index (κ1) is 21.7. The van der Waals surface area contributed by atoms with Gasteiger partial charge >= 0.3 is 6.09 Å². The molecule has 0 aliphatic carbocycles. The zero-order chi connectivity index (χ0) is 20.9. The Morgan fingerprint density at radius 3 is 2.34 bits per heavy atom. The molecule has 1 aromatic carbocycles. The Morgan fingerprint density at radius 2 is 1.79 bits per heavy atom. The van der Waals surface area contributed by atoms with Gasteiger partial charge in [0.05, 0.1) is 13.2 Å². The molecular weight excluding hydrogens is 366 g/mol. The van der Waals surface area contributed by atoms with Crippen LogP contribution in [0.2, 0.25) is 0 Å². The van der Waals surface area contributed by atoms with E-state index in [-0.39, 0.29) is 6.09 Å². The molecule has 2 heterocycles. The van der Waals surface area contributed by atoms with Gasteiger partial charge < -0.3 is 19.3 Å². The molecule has 0 spiro atoms. The van der Waals surface area contributed by atoms with Gasteiger partial charge in [0.15, 0.2) is 0 Å². The van der Waals surface area contributed by atoms with E-state index in [1.54, 1.807) is 0 Å². The lowest BCUT2D eigenvalue weighted by molar-refractivity contribution is 0.0206. The first-order chi connectivity index (χ1) is 13.9. The third-order valence-electron chi connectivity index (χ3n) is 5.45. The van der Waals surface area contributed by atoms with E-state index in [2.05, 4.69) is 40.6 Å². The number of rotatable bonds is 5. The van der Waals surface area contributed by atoms with Gasteiger partial charge in [-0.1, -0.05) is 18.7 Å². The smallest absolute Gasteiger partial charge is 0.410 e. The fourth-order valence-electron chi connectivity index (χ4n) is 3.91. The number of carbonyl (C=O) groups is 1. The largest absolute Gasteiger partial charge is 0.444 e. The molecule has 0 bridgehead atoms. The molecule has 0 unspecified atom stereocenters. The minimum absolute atomic E-state index is 0.214. The van der Waals surface area contributed by atoms with Crippen molar-refractivity contribution in [2.24, 2.45) is 0 Å². The number of morpholine rings is 1. The van der Waals surface area contributed by atoms with E-state index in [0.717, 1.165) is 51.4 Å². The first-order valence-electron chi connectivity index (χ1n) is 10.6. The summed E-state index contributed by atoms with van der Waals surface area (Å²) in [6.07, 6.45) is 3.50. The van der Waals surface area contributed by atoms with E-state index in [0.29, 0.717) is 19.1 Å². The maximum Gasteiger partial charge on any atom is 0.410 e. The number of carbonyl (C=O) groups excluding carboxylic acids is 1. The zero-order valence-electron chi connectivity index (χ0n) is 18.1. The highest BCUT2D eigenvalue weighted by Crippen LogP contribution is 2.25. The third kappa shape index (κ3) is 6.21. The number of nitrogens with zero attached hydrogens (tertiary/aromatic N) is 3. The van der Waals surface area contributed by atoms with Crippen LogP contribution in [0.4, 0.5) is 10.5 Å². The molecule has 0 aromatic heterocycles. The van der Waals surface area contributed by atoms with Crippen LogP contribution in [0.3, 0.4) is 0 Å². The summed E-state index contributed by atoms with van der Waals surface area (Å²) in [5.41, 5.74) is 2.02. The topological polar surface area (TPSA) is 45.2 Å². The number of piperidine rings is 1. The number of hydrogen-bond acceptors (Lipinski definition) is 5. The van der Waals surface area contributed by atoms with Crippen molar-refractivity contribution in [2.75, 3.05) is 44.3 Å². The summed E-state index contributed by atoms with van der Waals surface area (Å²) in [6, 6.07) is 9.11. The van der Waals surface area contributed by atoms with Crippen LogP contribution in [0.5, 0.6) is 0 Å². The highest BCUT2D eigenvalue weighted by atomic mass is 16.6. The lowest BCUT2D eigenvalue weighted by Crippen LogP contribution is -2.46. The molecule has 2 saturated heterocycles. The second-order valence-corrected chi connectivity index (χ2v) is 8.84. The van der Waals surface area contributed by atoms with Crippen molar-refractivity contribution in [3.8, 4) is 0 Å². The Hall–Kier alpha value is -2.05. The quantitative estimate of drug-likeness (QED) is 0.750. The summed E-state index contributed by atoms with van der Waals surface area (Å²) in [5, 5.41) is 0. The van der Waals surface area contributed by atoms with Crippen LogP contribution in [0.15, 0.2) is 37.0 Å². The van der Waals surface area contributed by atoms with Crippen LogP contribution in [-0.4, -0.2) is 66.9 Å². The first-order valence-corrected chi connectivity index (χ1v) is 10.6. The number of ether oxygens (including phenoxy) is 2. The molecule has 0 radical (unpaired) electrons. The minimum atomic E-state index is -0.454. The molecule has 2 fully saturated rings. The SMILES string of the molecule is C=CN(c1ccc(CN2CCOCC2)cc1)C1CCN(C(=O)OC(C)(C)C)CC1. The summed E-state index contributed by atoms with van der Waals surface area (Å²) in [5.74, 6) is 0. The van der Waals surface area contributed by atoms with Gasteiger partial charge in [0.25, 0.3) is 0 Å². The second kappa shape index (κ2) is 9.63. The summed E-state index contributed by atoms with van der Waals surface area (Å²) >= 11 is 0. The predicted octanol–water partition coefficient (Wildman–Crippen LogP) is 3.87. The van der Waals surface area contributed by atoms with Gasteiger partial charge in [-0.15, -0.1) is 0 Å². The van der Waals surface area contributed by atoms with Gasteiger partial charge in [0, 0.05) is 44.5 Å². The van der Waals surface area contributed by atoms with E-state index in [1.807, 2.05) is 31.9 Å². The van der Waals surface area contributed by atoms with Crippen LogP contribution in [0, 0.1) is 0 Å². The fourth-order valence-corrected chi connectivity index (χ4v) is 3.91. The average Bonchev–Trinajstić information content (AvgIpc) is 2.70. The Kier molecular flexibility index (Phi) is 7.19. The number of hydrogen-bond donors (Lipinski definition) is 0. The van der Waals surface area contributed by atoms with Crippen LogP contribution >= 0.6 is 0 Å². The normalized spacial score (nSPS) is 19.1. The van der Waals surface area contributed by atoms with Crippen LogP contribution < -0.4 is 4.90 Å². The molecule has 6 nitrogen and oxygen atoms in total. The predicted molar refractivity (Wildman–Crippen MR) is 116 cm³/mol. The Morgan fingerprint density at radius 1 is 1.17 bits per heavy atom. The fraction of sp³-hybridized carbons (Fsp3) is 0.609. The molecule has 2 aliphatic heterocycles. The highest BCUT2D eigenvalue weighted by Gasteiger charge is 2.29. The van der Waals surface area contributed by atoms with Gasteiger partial charge in [-0.25, -0.2) is 4.79 Å². The van der Waals surface area contributed by atoms with Crippen LogP contribution in [-0.2, 0) is 16.0 Å². The van der Waals surface area contributed by atoms with Gasteiger partial charge in [-0.2, -0.15) is 0 Å². The molecule has 1 aromatic rings. The van der Waals surface area contributed by atoms with Crippen LogP contribution in [0.25, 0.3) is 0 Å². The molecule has 2 aliphatic rings. The van der Waals surface area contributed by atoms with Crippen molar-refractivity contribution in [3.05, 3.63) is 42.6 Å². The third-order valence-corrected chi connectivity index (χ3v) is 5.45.